The third-order valence-corrected chi connectivity index (χ3v) is 2.37. The second kappa shape index (κ2) is 9.13. The summed E-state index contributed by atoms with van der Waals surface area (Å²) in [6, 6.07) is 0. The van der Waals surface area contributed by atoms with Crippen molar-refractivity contribution in [2.75, 3.05) is 46.9 Å². The van der Waals surface area contributed by atoms with Gasteiger partial charge in [0.25, 0.3) is 0 Å². The number of rotatable bonds is 9. The van der Waals surface area contributed by atoms with E-state index in [9.17, 15) is 0 Å². The lowest BCUT2D eigenvalue weighted by atomic mass is 10.2. The van der Waals surface area contributed by atoms with Crippen LogP contribution in [0.2, 0.25) is 0 Å². The van der Waals surface area contributed by atoms with E-state index < -0.39 is 0 Å². The van der Waals surface area contributed by atoms with E-state index in [2.05, 4.69) is 37.7 Å². The van der Waals surface area contributed by atoms with Crippen molar-refractivity contribution in [2.24, 2.45) is 5.92 Å². The lowest BCUT2D eigenvalue weighted by Gasteiger charge is -2.25. The predicted octanol–water partition coefficient (Wildman–Crippen LogP) is 1.28. The van der Waals surface area contributed by atoms with Crippen LogP contribution in [-0.4, -0.2) is 61.8 Å². The smallest absolute Gasteiger partial charge is 0.0431 e. The van der Waals surface area contributed by atoms with E-state index in [0.29, 0.717) is 6.61 Å². The molecule has 3 heteroatoms. The number of hydrogen-bond acceptors (Lipinski definition) is 3. The molecule has 0 rings (SSSR count). The second-order valence-corrected chi connectivity index (χ2v) is 4.93. The van der Waals surface area contributed by atoms with Crippen LogP contribution in [0.15, 0.2) is 0 Å². The van der Waals surface area contributed by atoms with Crippen molar-refractivity contribution in [3.8, 4) is 0 Å². The zero-order valence-corrected chi connectivity index (χ0v) is 10.9. The standard InChI is InChI=1S/C12H28N2O/c1-12(2)11-14(7-5-6-10-15)9-8-13(3)4/h12,15H,5-11H2,1-4H3. The van der Waals surface area contributed by atoms with Crippen LogP contribution in [0.5, 0.6) is 0 Å². The van der Waals surface area contributed by atoms with Gasteiger partial charge in [-0.3, -0.25) is 0 Å². The van der Waals surface area contributed by atoms with Crippen LogP contribution < -0.4 is 0 Å². The highest BCUT2D eigenvalue weighted by Gasteiger charge is 2.07. The highest BCUT2D eigenvalue weighted by atomic mass is 16.2. The van der Waals surface area contributed by atoms with E-state index in [1.807, 2.05) is 0 Å². The lowest BCUT2D eigenvalue weighted by molar-refractivity contribution is 0.205. The van der Waals surface area contributed by atoms with Gasteiger partial charge in [0.2, 0.25) is 0 Å². The Bertz CT molecular complexity index is 138. The lowest BCUT2D eigenvalue weighted by Crippen LogP contribution is -2.35. The summed E-state index contributed by atoms with van der Waals surface area (Å²) in [5, 5.41) is 8.75. The third kappa shape index (κ3) is 10.2. The van der Waals surface area contributed by atoms with Gasteiger partial charge in [-0.05, 0) is 39.4 Å². The van der Waals surface area contributed by atoms with Gasteiger partial charge in [0, 0.05) is 26.2 Å². The Morgan fingerprint density at radius 1 is 1.00 bits per heavy atom. The van der Waals surface area contributed by atoms with Gasteiger partial charge in [-0.1, -0.05) is 13.8 Å². The molecule has 0 atom stereocenters. The molecule has 0 aliphatic carbocycles. The molecule has 15 heavy (non-hydrogen) atoms. The van der Waals surface area contributed by atoms with Gasteiger partial charge >= 0.3 is 0 Å². The molecule has 0 fully saturated rings. The van der Waals surface area contributed by atoms with E-state index in [-0.39, 0.29) is 0 Å². The van der Waals surface area contributed by atoms with Crippen LogP contribution in [0, 0.1) is 5.92 Å². The van der Waals surface area contributed by atoms with Gasteiger partial charge in [-0.2, -0.15) is 0 Å². The molecule has 0 aliphatic rings. The average Bonchev–Trinajstić information content (AvgIpc) is 2.13. The Labute approximate surface area is 95.1 Å². The fraction of sp³-hybridized carbons (Fsp3) is 1.00. The van der Waals surface area contributed by atoms with Crippen molar-refractivity contribution in [1.29, 1.82) is 0 Å². The molecule has 92 valence electrons. The first kappa shape index (κ1) is 14.9. The van der Waals surface area contributed by atoms with Gasteiger partial charge in [0.15, 0.2) is 0 Å². The number of nitrogens with zero attached hydrogens (tertiary/aromatic N) is 2. The Hall–Kier alpha value is -0.120. The van der Waals surface area contributed by atoms with E-state index in [1.54, 1.807) is 0 Å². The normalized spacial score (nSPS) is 12.0. The maximum atomic E-state index is 8.75. The molecule has 0 aromatic heterocycles. The summed E-state index contributed by atoms with van der Waals surface area (Å²) in [4.78, 5) is 4.72. The van der Waals surface area contributed by atoms with Crippen LogP contribution in [0.4, 0.5) is 0 Å². The molecule has 1 N–H and O–H groups in total. The summed E-state index contributed by atoms with van der Waals surface area (Å²) in [5.41, 5.74) is 0. The first-order valence-corrected chi connectivity index (χ1v) is 6.04. The Morgan fingerprint density at radius 2 is 1.67 bits per heavy atom. The number of aliphatic hydroxyl groups is 1. The van der Waals surface area contributed by atoms with Gasteiger partial charge in [0.05, 0.1) is 0 Å². The molecule has 0 bridgehead atoms. The zero-order valence-electron chi connectivity index (χ0n) is 10.9. The fourth-order valence-corrected chi connectivity index (χ4v) is 1.60. The van der Waals surface area contributed by atoms with Crippen LogP contribution in [0.1, 0.15) is 26.7 Å². The molecule has 0 radical (unpaired) electrons. The number of unbranched alkanes of at least 4 members (excludes halogenated alkanes) is 1. The monoisotopic (exact) mass is 216 g/mol. The van der Waals surface area contributed by atoms with Crippen molar-refractivity contribution in [3.63, 3.8) is 0 Å². The summed E-state index contributed by atoms with van der Waals surface area (Å²) in [5.74, 6) is 0.723. The Kier molecular flexibility index (Phi) is 9.06. The Balaban J connectivity index is 3.73. The molecule has 0 saturated carbocycles. The summed E-state index contributed by atoms with van der Waals surface area (Å²) in [7, 11) is 4.22. The number of likely N-dealkylation sites (N-methyl/N-ethyl adjacent to an activating group) is 1. The van der Waals surface area contributed by atoms with Crippen LogP contribution >= 0.6 is 0 Å². The summed E-state index contributed by atoms with van der Waals surface area (Å²) >= 11 is 0. The molecule has 0 aromatic carbocycles. The quantitative estimate of drug-likeness (QED) is 0.588. The largest absolute Gasteiger partial charge is 0.396 e. The van der Waals surface area contributed by atoms with Crippen molar-refractivity contribution < 1.29 is 5.11 Å². The molecule has 0 aliphatic heterocycles. The van der Waals surface area contributed by atoms with Gasteiger partial charge < -0.3 is 14.9 Å². The molecule has 0 aromatic rings. The van der Waals surface area contributed by atoms with E-state index >= 15 is 0 Å². The summed E-state index contributed by atoms with van der Waals surface area (Å²) < 4.78 is 0. The second-order valence-electron chi connectivity index (χ2n) is 4.93. The number of aliphatic hydroxyl groups excluding tert-OH is 1. The molecular formula is C12H28N2O. The first-order chi connectivity index (χ1) is 7.06. The maximum Gasteiger partial charge on any atom is 0.0431 e. The highest BCUT2D eigenvalue weighted by molar-refractivity contribution is 4.62. The Morgan fingerprint density at radius 3 is 2.13 bits per heavy atom. The van der Waals surface area contributed by atoms with Crippen LogP contribution in [0.25, 0.3) is 0 Å². The minimum atomic E-state index is 0.323. The summed E-state index contributed by atoms with van der Waals surface area (Å²) in [6.07, 6.45) is 2.03. The minimum Gasteiger partial charge on any atom is -0.396 e. The van der Waals surface area contributed by atoms with Gasteiger partial charge in [0.1, 0.15) is 0 Å². The van der Waals surface area contributed by atoms with Crippen molar-refractivity contribution in [3.05, 3.63) is 0 Å². The van der Waals surface area contributed by atoms with Crippen molar-refractivity contribution >= 4 is 0 Å². The average molecular weight is 216 g/mol. The predicted molar refractivity (Wildman–Crippen MR) is 66.2 cm³/mol. The molecule has 0 spiro atoms. The van der Waals surface area contributed by atoms with E-state index in [0.717, 1.165) is 38.4 Å². The van der Waals surface area contributed by atoms with Crippen LogP contribution in [-0.2, 0) is 0 Å². The molecule has 0 saturated heterocycles. The zero-order chi connectivity index (χ0) is 11.7. The minimum absolute atomic E-state index is 0.323. The molecule has 3 nitrogen and oxygen atoms in total. The molecule has 0 heterocycles. The molecule has 0 amide bonds. The SMILES string of the molecule is CC(C)CN(CCCCO)CCN(C)C. The topological polar surface area (TPSA) is 26.7 Å². The fourth-order valence-electron chi connectivity index (χ4n) is 1.60. The highest BCUT2D eigenvalue weighted by Crippen LogP contribution is 2.01. The van der Waals surface area contributed by atoms with Gasteiger partial charge in [-0.25, -0.2) is 0 Å². The van der Waals surface area contributed by atoms with E-state index in [4.69, 9.17) is 5.11 Å². The summed E-state index contributed by atoms with van der Waals surface area (Å²) in [6.45, 7) is 9.38. The maximum absolute atomic E-state index is 8.75. The van der Waals surface area contributed by atoms with Crippen molar-refractivity contribution in [1.82, 2.24) is 9.80 Å². The first-order valence-electron chi connectivity index (χ1n) is 6.04. The molecule has 0 unspecified atom stereocenters. The number of hydrogen-bond donors (Lipinski definition) is 1. The third-order valence-electron chi connectivity index (χ3n) is 2.37. The van der Waals surface area contributed by atoms with E-state index in [1.165, 1.54) is 6.54 Å². The molecular weight excluding hydrogens is 188 g/mol. The van der Waals surface area contributed by atoms with Crippen LogP contribution in [0.3, 0.4) is 0 Å². The van der Waals surface area contributed by atoms with Gasteiger partial charge in [-0.15, -0.1) is 0 Å². The van der Waals surface area contributed by atoms with Crippen molar-refractivity contribution in [2.45, 2.75) is 26.7 Å².